The first-order valence-corrected chi connectivity index (χ1v) is 7.19. The maximum absolute atomic E-state index is 12.9. The molecule has 2 fully saturated rings. The van der Waals surface area contributed by atoms with E-state index < -0.39 is 0 Å². The lowest BCUT2D eigenvalue weighted by molar-refractivity contribution is 0.154. The third-order valence-corrected chi connectivity index (χ3v) is 4.35. The van der Waals surface area contributed by atoms with Gasteiger partial charge in [0.2, 0.25) is 0 Å². The first kappa shape index (κ1) is 12.9. The van der Waals surface area contributed by atoms with E-state index >= 15 is 0 Å². The van der Waals surface area contributed by atoms with Crippen LogP contribution in [0.1, 0.15) is 12.8 Å². The largest absolute Gasteiger partial charge is 0.369 e. The molecule has 0 amide bonds. The van der Waals surface area contributed by atoms with Crippen molar-refractivity contribution < 1.29 is 4.39 Å². The van der Waals surface area contributed by atoms with Crippen LogP contribution in [0.3, 0.4) is 0 Å². The number of nitrogens with two attached hydrogens (primary N) is 1. The monoisotopic (exact) mass is 263 g/mol. The summed E-state index contributed by atoms with van der Waals surface area (Å²) in [6, 6.07) is 7.27. The minimum Gasteiger partial charge on any atom is -0.369 e. The van der Waals surface area contributed by atoms with Crippen molar-refractivity contribution in [3.8, 4) is 0 Å². The second-order valence-corrected chi connectivity index (χ2v) is 5.86. The second-order valence-electron chi connectivity index (χ2n) is 5.86. The lowest BCUT2D eigenvalue weighted by atomic mass is 9.80. The molecule has 2 N–H and O–H groups in total. The Morgan fingerprint density at radius 2 is 1.68 bits per heavy atom. The molecule has 1 saturated heterocycles. The van der Waals surface area contributed by atoms with Crippen molar-refractivity contribution in [1.29, 1.82) is 0 Å². The van der Waals surface area contributed by atoms with E-state index in [1.807, 2.05) is 12.1 Å². The number of nitrogens with zero attached hydrogens (tertiary/aromatic N) is 2. The van der Waals surface area contributed by atoms with Gasteiger partial charge in [-0.1, -0.05) is 0 Å². The summed E-state index contributed by atoms with van der Waals surface area (Å²) < 4.78 is 12.9. The van der Waals surface area contributed by atoms with Crippen molar-refractivity contribution >= 4 is 5.69 Å². The van der Waals surface area contributed by atoms with Crippen LogP contribution >= 0.6 is 0 Å². The molecule has 0 aromatic heterocycles. The van der Waals surface area contributed by atoms with Gasteiger partial charge in [-0.25, -0.2) is 4.39 Å². The molecule has 1 aromatic rings. The average molecular weight is 263 g/mol. The van der Waals surface area contributed by atoms with Gasteiger partial charge in [-0.2, -0.15) is 0 Å². The van der Waals surface area contributed by atoms with Crippen LogP contribution in [0.4, 0.5) is 10.1 Å². The predicted octanol–water partition coefficient (Wildman–Crippen LogP) is 1.68. The molecule has 1 heterocycles. The van der Waals surface area contributed by atoms with Gasteiger partial charge in [-0.3, -0.25) is 4.90 Å². The molecule has 2 aliphatic rings. The highest BCUT2D eigenvalue weighted by atomic mass is 19.1. The molecule has 3 rings (SSSR count). The zero-order valence-electron chi connectivity index (χ0n) is 11.3. The summed E-state index contributed by atoms with van der Waals surface area (Å²) in [6.07, 6.45) is 2.39. The molecule has 0 unspecified atom stereocenters. The summed E-state index contributed by atoms with van der Waals surface area (Å²) in [5.41, 5.74) is 6.96. The van der Waals surface area contributed by atoms with E-state index in [0.29, 0.717) is 6.04 Å². The summed E-state index contributed by atoms with van der Waals surface area (Å²) in [5.74, 6) is 0.649. The van der Waals surface area contributed by atoms with Crippen LogP contribution < -0.4 is 10.6 Å². The number of hydrogen-bond acceptors (Lipinski definition) is 3. The molecule has 19 heavy (non-hydrogen) atoms. The van der Waals surface area contributed by atoms with Gasteiger partial charge in [0.15, 0.2) is 0 Å². The summed E-state index contributed by atoms with van der Waals surface area (Å²) in [5, 5.41) is 0. The van der Waals surface area contributed by atoms with Crippen molar-refractivity contribution in [2.24, 2.45) is 11.7 Å². The summed E-state index contributed by atoms with van der Waals surface area (Å²) in [7, 11) is 0. The number of benzene rings is 1. The number of halogens is 1. The first-order chi connectivity index (χ1) is 9.20. The van der Waals surface area contributed by atoms with Crippen LogP contribution in [-0.2, 0) is 0 Å². The van der Waals surface area contributed by atoms with Crippen molar-refractivity contribution in [3.63, 3.8) is 0 Å². The fourth-order valence-corrected chi connectivity index (χ4v) is 3.14. The van der Waals surface area contributed by atoms with Crippen molar-refractivity contribution in [3.05, 3.63) is 30.1 Å². The Labute approximate surface area is 114 Å². The number of rotatable bonds is 3. The number of anilines is 1. The molecule has 0 atom stereocenters. The Morgan fingerprint density at radius 3 is 2.26 bits per heavy atom. The molecule has 3 nitrogen and oxygen atoms in total. The molecule has 1 aliphatic carbocycles. The van der Waals surface area contributed by atoms with Gasteiger partial charge in [0.25, 0.3) is 0 Å². The number of piperazine rings is 1. The third-order valence-electron chi connectivity index (χ3n) is 4.35. The summed E-state index contributed by atoms with van der Waals surface area (Å²) in [4.78, 5) is 4.87. The van der Waals surface area contributed by atoms with Gasteiger partial charge in [0.05, 0.1) is 0 Å². The smallest absolute Gasteiger partial charge is 0.123 e. The minimum absolute atomic E-state index is 0.163. The highest BCUT2D eigenvalue weighted by Gasteiger charge is 2.28. The highest BCUT2D eigenvalue weighted by molar-refractivity contribution is 5.46. The fourth-order valence-electron chi connectivity index (χ4n) is 3.14. The van der Waals surface area contributed by atoms with E-state index in [-0.39, 0.29) is 5.82 Å². The standard InChI is InChI=1S/C15H22FN3/c16-13-1-3-15(4-2-13)19-7-5-18(6-8-19)11-12-9-14(17)10-12/h1-4,12,14H,5-11,17H2. The molecule has 1 saturated carbocycles. The molecule has 104 valence electrons. The van der Waals surface area contributed by atoms with E-state index in [1.54, 1.807) is 0 Å². The lowest BCUT2D eigenvalue weighted by Crippen LogP contribution is -2.50. The van der Waals surface area contributed by atoms with Crippen LogP contribution in [0.5, 0.6) is 0 Å². The van der Waals surface area contributed by atoms with Gasteiger partial charge in [0, 0.05) is 44.5 Å². The lowest BCUT2D eigenvalue weighted by Gasteiger charge is -2.41. The van der Waals surface area contributed by atoms with Gasteiger partial charge in [-0.05, 0) is 43.0 Å². The van der Waals surface area contributed by atoms with E-state index in [4.69, 9.17) is 5.73 Å². The molecule has 1 aromatic carbocycles. The maximum atomic E-state index is 12.9. The topological polar surface area (TPSA) is 32.5 Å². The minimum atomic E-state index is -0.163. The molecule has 4 heteroatoms. The highest BCUT2D eigenvalue weighted by Crippen LogP contribution is 2.27. The van der Waals surface area contributed by atoms with E-state index in [2.05, 4.69) is 9.80 Å². The zero-order valence-corrected chi connectivity index (χ0v) is 11.3. The Balaban J connectivity index is 1.47. The Kier molecular flexibility index (Phi) is 3.71. The first-order valence-electron chi connectivity index (χ1n) is 7.19. The molecule has 0 radical (unpaired) electrons. The molecule has 0 bridgehead atoms. The van der Waals surface area contributed by atoms with E-state index in [9.17, 15) is 4.39 Å². The average Bonchev–Trinajstić information content (AvgIpc) is 2.39. The summed E-state index contributed by atoms with van der Waals surface area (Å²) >= 11 is 0. The fraction of sp³-hybridized carbons (Fsp3) is 0.600. The molecule has 1 aliphatic heterocycles. The van der Waals surface area contributed by atoms with Crippen molar-refractivity contribution in [2.75, 3.05) is 37.6 Å². The quantitative estimate of drug-likeness (QED) is 0.900. The number of hydrogen-bond donors (Lipinski definition) is 1. The van der Waals surface area contributed by atoms with E-state index in [1.165, 1.54) is 31.5 Å². The second kappa shape index (κ2) is 5.47. The maximum Gasteiger partial charge on any atom is 0.123 e. The van der Waals surface area contributed by atoms with Crippen LogP contribution in [0.25, 0.3) is 0 Å². The van der Waals surface area contributed by atoms with Crippen LogP contribution in [-0.4, -0.2) is 43.7 Å². The van der Waals surface area contributed by atoms with Gasteiger partial charge < -0.3 is 10.6 Å². The zero-order chi connectivity index (χ0) is 13.2. The van der Waals surface area contributed by atoms with Gasteiger partial charge >= 0.3 is 0 Å². The Morgan fingerprint density at radius 1 is 1.05 bits per heavy atom. The Bertz CT molecular complexity index is 406. The van der Waals surface area contributed by atoms with Crippen molar-refractivity contribution in [2.45, 2.75) is 18.9 Å². The Hall–Kier alpha value is -1.13. The molecular formula is C15H22FN3. The van der Waals surface area contributed by atoms with Crippen molar-refractivity contribution in [1.82, 2.24) is 4.90 Å². The van der Waals surface area contributed by atoms with E-state index in [0.717, 1.165) is 37.8 Å². The summed E-state index contributed by atoms with van der Waals surface area (Å²) in [6.45, 7) is 5.46. The van der Waals surface area contributed by atoms with Gasteiger partial charge in [-0.15, -0.1) is 0 Å². The van der Waals surface area contributed by atoms with Gasteiger partial charge in [0.1, 0.15) is 5.82 Å². The predicted molar refractivity (Wildman–Crippen MR) is 75.8 cm³/mol. The SMILES string of the molecule is NC1CC(CN2CCN(c3ccc(F)cc3)CC2)C1. The van der Waals surface area contributed by atoms with Crippen LogP contribution in [0.2, 0.25) is 0 Å². The van der Waals surface area contributed by atoms with Crippen LogP contribution in [0, 0.1) is 11.7 Å². The molecular weight excluding hydrogens is 241 g/mol. The third kappa shape index (κ3) is 3.07. The molecule has 0 spiro atoms. The van der Waals surface area contributed by atoms with Crippen LogP contribution in [0.15, 0.2) is 24.3 Å². The normalized spacial score (nSPS) is 28.2.